The van der Waals surface area contributed by atoms with E-state index < -0.39 is 0 Å². The molecule has 0 bridgehead atoms. The number of nitrogens with zero attached hydrogens (tertiary/aromatic N) is 5. The summed E-state index contributed by atoms with van der Waals surface area (Å²) < 4.78 is 1.93. The van der Waals surface area contributed by atoms with Crippen LogP contribution in [0.15, 0.2) is 73.2 Å². The highest BCUT2D eigenvalue weighted by molar-refractivity contribution is 6.33. The average molecular weight is 447 g/mol. The number of hydrogen-bond acceptors (Lipinski definition) is 5. The van der Waals surface area contributed by atoms with Crippen molar-refractivity contribution in [2.45, 2.75) is 0 Å². The van der Waals surface area contributed by atoms with Crippen LogP contribution in [0.25, 0.3) is 16.9 Å². The fraction of sp³-hybridized carbons (Fsp3) is 0.208. The summed E-state index contributed by atoms with van der Waals surface area (Å²) in [4.78, 5) is 26.0. The Morgan fingerprint density at radius 1 is 1.00 bits per heavy atom. The zero-order valence-corrected chi connectivity index (χ0v) is 18.2. The molecule has 1 aliphatic heterocycles. The lowest BCUT2D eigenvalue weighted by molar-refractivity contribution is -0.129. The van der Waals surface area contributed by atoms with Crippen molar-refractivity contribution < 1.29 is 4.79 Å². The van der Waals surface area contributed by atoms with E-state index in [4.69, 9.17) is 16.6 Å². The minimum absolute atomic E-state index is 0.0619. The van der Waals surface area contributed by atoms with Gasteiger partial charge in [-0.05, 0) is 12.1 Å². The van der Waals surface area contributed by atoms with Gasteiger partial charge >= 0.3 is 0 Å². The van der Waals surface area contributed by atoms with Crippen LogP contribution < -0.4 is 10.2 Å². The van der Waals surface area contributed by atoms with Crippen molar-refractivity contribution in [1.82, 2.24) is 19.3 Å². The normalized spacial score (nSPS) is 14.0. The fourth-order valence-electron chi connectivity index (χ4n) is 4.05. The molecule has 2 aromatic carbocycles. The molecule has 1 aliphatic rings. The number of benzene rings is 2. The van der Waals surface area contributed by atoms with Crippen LogP contribution in [0.5, 0.6) is 0 Å². The number of hydrogen-bond donors (Lipinski definition) is 1. The van der Waals surface area contributed by atoms with Crippen LogP contribution in [0.2, 0.25) is 5.02 Å². The summed E-state index contributed by atoms with van der Waals surface area (Å²) in [7, 11) is 0. The molecule has 8 heteroatoms. The van der Waals surface area contributed by atoms with Crippen LogP contribution in [0.1, 0.15) is 0 Å². The number of carbonyl (C=O) groups is 1. The Balaban J connectivity index is 1.28. The number of para-hydroxylation sites is 1. The smallest absolute Gasteiger partial charge is 0.242 e. The molecule has 162 valence electrons. The third-order valence-corrected chi connectivity index (χ3v) is 6.03. The van der Waals surface area contributed by atoms with Gasteiger partial charge in [-0.15, -0.1) is 0 Å². The van der Waals surface area contributed by atoms with Crippen LogP contribution in [-0.4, -0.2) is 57.9 Å². The van der Waals surface area contributed by atoms with Gasteiger partial charge in [0.05, 0.1) is 23.5 Å². The first kappa shape index (κ1) is 20.3. The number of halogens is 1. The Hall–Kier alpha value is -3.58. The second kappa shape index (κ2) is 8.88. The topological polar surface area (TPSA) is 65.8 Å². The first-order valence-electron chi connectivity index (χ1n) is 10.6. The van der Waals surface area contributed by atoms with Crippen molar-refractivity contribution in [3.05, 3.63) is 78.2 Å². The van der Waals surface area contributed by atoms with Crippen molar-refractivity contribution in [3.8, 4) is 11.3 Å². The summed E-state index contributed by atoms with van der Waals surface area (Å²) >= 11 is 6.33. The van der Waals surface area contributed by atoms with Gasteiger partial charge in [0.25, 0.3) is 0 Å². The lowest BCUT2D eigenvalue weighted by Gasteiger charge is -2.36. The van der Waals surface area contributed by atoms with E-state index in [-0.39, 0.29) is 12.5 Å². The van der Waals surface area contributed by atoms with E-state index in [1.165, 1.54) is 0 Å². The van der Waals surface area contributed by atoms with Gasteiger partial charge in [-0.2, -0.15) is 0 Å². The Bertz CT molecular complexity index is 1230. The fourth-order valence-corrected chi connectivity index (χ4v) is 4.30. The summed E-state index contributed by atoms with van der Waals surface area (Å²) in [5.41, 5.74) is 3.54. The van der Waals surface area contributed by atoms with Gasteiger partial charge in [0, 0.05) is 44.1 Å². The molecule has 2 aromatic heterocycles. The Kier molecular flexibility index (Phi) is 5.64. The molecule has 0 spiro atoms. The van der Waals surface area contributed by atoms with Gasteiger partial charge in [-0.1, -0.05) is 54.1 Å². The van der Waals surface area contributed by atoms with Crippen molar-refractivity contribution in [1.29, 1.82) is 0 Å². The van der Waals surface area contributed by atoms with Gasteiger partial charge in [-0.25, -0.2) is 4.98 Å². The quantitative estimate of drug-likeness (QED) is 0.505. The lowest BCUT2D eigenvalue weighted by Crippen LogP contribution is -2.50. The molecule has 7 nitrogen and oxygen atoms in total. The molecular formula is C24H23ClN6O. The third kappa shape index (κ3) is 3.99. The first-order chi connectivity index (χ1) is 15.7. The zero-order chi connectivity index (χ0) is 21.9. The molecule has 0 aliphatic carbocycles. The van der Waals surface area contributed by atoms with Gasteiger partial charge in [0.15, 0.2) is 5.65 Å². The van der Waals surface area contributed by atoms with Crippen LogP contribution in [-0.2, 0) is 4.79 Å². The molecule has 32 heavy (non-hydrogen) atoms. The summed E-state index contributed by atoms with van der Waals surface area (Å²) in [6, 6.07) is 17.8. The van der Waals surface area contributed by atoms with Gasteiger partial charge in [0.2, 0.25) is 5.91 Å². The van der Waals surface area contributed by atoms with Crippen LogP contribution in [0.4, 0.5) is 11.5 Å². The summed E-state index contributed by atoms with van der Waals surface area (Å²) in [5, 5.41) is 4.07. The van der Waals surface area contributed by atoms with Gasteiger partial charge in [0.1, 0.15) is 11.5 Å². The predicted molar refractivity (Wildman–Crippen MR) is 127 cm³/mol. The van der Waals surface area contributed by atoms with Crippen LogP contribution >= 0.6 is 11.6 Å². The minimum atomic E-state index is 0.0619. The third-order valence-electron chi connectivity index (χ3n) is 5.71. The van der Waals surface area contributed by atoms with E-state index in [0.29, 0.717) is 13.1 Å². The SMILES string of the molecule is O=C(CNc1c(-c2ccccc2)nc2cnccn12)N1CCN(c2ccccc2Cl)CC1. The molecular weight excluding hydrogens is 424 g/mol. The van der Waals surface area contributed by atoms with Gasteiger partial charge in [-0.3, -0.25) is 14.2 Å². The first-order valence-corrected chi connectivity index (χ1v) is 11.0. The van der Waals surface area contributed by atoms with E-state index in [2.05, 4.69) is 15.2 Å². The molecule has 1 N–H and O–H groups in total. The molecule has 3 heterocycles. The van der Waals surface area contributed by atoms with E-state index in [1.54, 1.807) is 12.4 Å². The highest BCUT2D eigenvalue weighted by Gasteiger charge is 2.23. The number of nitrogens with one attached hydrogen (secondary N) is 1. The summed E-state index contributed by atoms with van der Waals surface area (Å²) in [6.07, 6.45) is 5.28. The summed E-state index contributed by atoms with van der Waals surface area (Å²) in [6.45, 7) is 3.03. The number of fused-ring (bicyclic) bond motifs is 1. The maximum Gasteiger partial charge on any atom is 0.242 e. The van der Waals surface area contributed by atoms with E-state index in [9.17, 15) is 4.79 Å². The lowest BCUT2D eigenvalue weighted by atomic mass is 10.1. The average Bonchev–Trinajstić information content (AvgIpc) is 3.22. The van der Waals surface area contributed by atoms with Crippen molar-refractivity contribution >= 4 is 34.7 Å². The number of imidazole rings is 1. The molecule has 1 saturated heterocycles. The second-order valence-electron chi connectivity index (χ2n) is 7.65. The Morgan fingerprint density at radius 3 is 2.53 bits per heavy atom. The second-order valence-corrected chi connectivity index (χ2v) is 8.06. The van der Waals surface area contributed by atoms with E-state index in [1.807, 2.05) is 70.1 Å². The molecule has 0 atom stereocenters. The standard InChI is InChI=1S/C24H23ClN6O/c25-19-8-4-5-9-20(19)29-12-14-30(15-13-29)22(32)17-27-24-23(18-6-2-1-3-7-18)28-21-16-26-10-11-31(21)24/h1-11,16,27H,12-15,17H2. The number of aromatic nitrogens is 3. The van der Waals surface area contributed by atoms with Crippen LogP contribution in [0, 0.1) is 0 Å². The molecule has 0 radical (unpaired) electrons. The number of anilines is 2. The largest absolute Gasteiger partial charge is 0.367 e. The minimum Gasteiger partial charge on any atom is -0.367 e. The number of piperazine rings is 1. The molecule has 1 amide bonds. The summed E-state index contributed by atoms with van der Waals surface area (Å²) in [5.74, 6) is 0.850. The maximum atomic E-state index is 13.0. The number of rotatable bonds is 5. The monoisotopic (exact) mass is 446 g/mol. The van der Waals surface area contributed by atoms with Gasteiger partial charge < -0.3 is 15.1 Å². The predicted octanol–water partition coefficient (Wildman–Crippen LogP) is 3.81. The van der Waals surface area contributed by atoms with Crippen LogP contribution in [0.3, 0.4) is 0 Å². The maximum absolute atomic E-state index is 13.0. The number of amides is 1. The van der Waals surface area contributed by atoms with Crippen molar-refractivity contribution in [2.75, 3.05) is 42.9 Å². The Labute approximate surface area is 191 Å². The molecule has 5 rings (SSSR count). The highest BCUT2D eigenvalue weighted by atomic mass is 35.5. The number of carbonyl (C=O) groups excluding carboxylic acids is 1. The van der Waals surface area contributed by atoms with Crippen molar-refractivity contribution in [2.24, 2.45) is 0 Å². The Morgan fingerprint density at radius 2 is 1.75 bits per heavy atom. The zero-order valence-electron chi connectivity index (χ0n) is 17.5. The molecule has 0 saturated carbocycles. The van der Waals surface area contributed by atoms with E-state index >= 15 is 0 Å². The molecule has 1 fully saturated rings. The van der Waals surface area contributed by atoms with Crippen molar-refractivity contribution in [3.63, 3.8) is 0 Å². The van der Waals surface area contributed by atoms with E-state index in [0.717, 1.165) is 46.5 Å². The molecule has 4 aromatic rings. The molecule has 0 unspecified atom stereocenters. The highest BCUT2D eigenvalue weighted by Crippen LogP contribution is 2.28.